The van der Waals surface area contributed by atoms with Crippen LogP contribution in [0.3, 0.4) is 0 Å². The molecule has 1 aromatic carbocycles. The summed E-state index contributed by atoms with van der Waals surface area (Å²) in [5.74, 6) is -0.348. The molecule has 5 heteroatoms. The average Bonchev–Trinajstić information content (AvgIpc) is 3.02. The molecule has 1 aromatic rings. The zero-order valence-corrected chi connectivity index (χ0v) is 10.7. The van der Waals surface area contributed by atoms with Crippen LogP contribution >= 0.6 is 0 Å². The molecule has 1 fully saturated rings. The van der Waals surface area contributed by atoms with Crippen LogP contribution < -0.4 is 10.6 Å². The van der Waals surface area contributed by atoms with Crippen molar-refractivity contribution < 1.29 is 9.59 Å². The highest BCUT2D eigenvalue weighted by atomic mass is 16.2. The SMILES string of the molecule is O=C1c2ccccc2C(=O)N1CCNC1CCNC1. The fourth-order valence-electron chi connectivity index (χ4n) is 2.65. The van der Waals surface area contributed by atoms with Crippen molar-refractivity contribution in [1.29, 1.82) is 0 Å². The van der Waals surface area contributed by atoms with Crippen LogP contribution in [-0.2, 0) is 0 Å². The highest BCUT2D eigenvalue weighted by molar-refractivity contribution is 6.21. The van der Waals surface area contributed by atoms with Gasteiger partial charge in [-0.25, -0.2) is 0 Å². The molecule has 0 spiro atoms. The summed E-state index contributed by atoms with van der Waals surface area (Å²) in [6, 6.07) is 7.45. The molecular formula is C14H17N3O2. The molecule has 2 amide bonds. The molecule has 2 aliphatic heterocycles. The summed E-state index contributed by atoms with van der Waals surface area (Å²) in [7, 11) is 0. The van der Waals surface area contributed by atoms with Gasteiger partial charge in [0.25, 0.3) is 11.8 Å². The largest absolute Gasteiger partial charge is 0.315 e. The van der Waals surface area contributed by atoms with Gasteiger partial charge in [0.1, 0.15) is 0 Å². The van der Waals surface area contributed by atoms with Crippen molar-refractivity contribution in [1.82, 2.24) is 15.5 Å². The molecule has 1 saturated heterocycles. The second kappa shape index (κ2) is 5.11. The molecule has 1 unspecified atom stereocenters. The second-order valence-corrected chi connectivity index (χ2v) is 4.95. The second-order valence-electron chi connectivity index (χ2n) is 4.95. The smallest absolute Gasteiger partial charge is 0.261 e. The van der Waals surface area contributed by atoms with Crippen molar-refractivity contribution >= 4 is 11.8 Å². The van der Waals surface area contributed by atoms with Crippen molar-refractivity contribution in [2.45, 2.75) is 12.5 Å². The van der Waals surface area contributed by atoms with Crippen LogP contribution in [0.1, 0.15) is 27.1 Å². The molecule has 0 radical (unpaired) electrons. The molecule has 0 bridgehead atoms. The van der Waals surface area contributed by atoms with Crippen molar-refractivity contribution in [2.24, 2.45) is 0 Å². The minimum atomic E-state index is -0.174. The minimum absolute atomic E-state index is 0.174. The van der Waals surface area contributed by atoms with E-state index in [9.17, 15) is 9.59 Å². The zero-order valence-electron chi connectivity index (χ0n) is 10.7. The monoisotopic (exact) mass is 259 g/mol. The van der Waals surface area contributed by atoms with Gasteiger partial charge in [0.2, 0.25) is 0 Å². The highest BCUT2D eigenvalue weighted by Gasteiger charge is 2.34. The topological polar surface area (TPSA) is 61.4 Å². The van der Waals surface area contributed by atoms with Crippen LogP contribution in [0.2, 0.25) is 0 Å². The summed E-state index contributed by atoms with van der Waals surface area (Å²) in [5, 5.41) is 6.64. The molecule has 3 rings (SSSR count). The molecule has 0 aromatic heterocycles. The summed E-state index contributed by atoms with van der Waals surface area (Å²) in [5.41, 5.74) is 1.05. The Morgan fingerprint density at radius 1 is 1.21 bits per heavy atom. The summed E-state index contributed by atoms with van der Waals surface area (Å²) in [6.45, 7) is 3.08. The van der Waals surface area contributed by atoms with Gasteiger partial charge in [-0.05, 0) is 25.1 Å². The quantitative estimate of drug-likeness (QED) is 0.760. The number of carbonyl (C=O) groups is 2. The van der Waals surface area contributed by atoms with Gasteiger partial charge >= 0.3 is 0 Å². The van der Waals surface area contributed by atoms with E-state index in [0.29, 0.717) is 30.3 Å². The first-order valence-electron chi connectivity index (χ1n) is 6.66. The number of carbonyl (C=O) groups excluding carboxylic acids is 2. The molecule has 0 aliphatic carbocycles. The zero-order chi connectivity index (χ0) is 13.2. The molecule has 2 N–H and O–H groups in total. The van der Waals surface area contributed by atoms with E-state index in [2.05, 4.69) is 10.6 Å². The van der Waals surface area contributed by atoms with Crippen LogP contribution in [0.5, 0.6) is 0 Å². The van der Waals surface area contributed by atoms with Gasteiger partial charge in [-0.3, -0.25) is 14.5 Å². The maximum Gasteiger partial charge on any atom is 0.261 e. The maximum atomic E-state index is 12.1. The van der Waals surface area contributed by atoms with Crippen LogP contribution in [0.4, 0.5) is 0 Å². The van der Waals surface area contributed by atoms with Gasteiger partial charge < -0.3 is 10.6 Å². The molecule has 1 atom stereocenters. The normalized spacial score (nSPS) is 22.1. The molecule has 19 heavy (non-hydrogen) atoms. The lowest BCUT2D eigenvalue weighted by Crippen LogP contribution is -2.40. The Balaban J connectivity index is 1.60. The predicted molar refractivity (Wildman–Crippen MR) is 71.1 cm³/mol. The highest BCUT2D eigenvalue weighted by Crippen LogP contribution is 2.21. The van der Waals surface area contributed by atoms with Gasteiger partial charge in [-0.15, -0.1) is 0 Å². The van der Waals surface area contributed by atoms with E-state index in [4.69, 9.17) is 0 Å². The number of rotatable bonds is 4. The van der Waals surface area contributed by atoms with Crippen molar-refractivity contribution in [3.8, 4) is 0 Å². The van der Waals surface area contributed by atoms with E-state index < -0.39 is 0 Å². The Morgan fingerprint density at radius 3 is 2.47 bits per heavy atom. The Hall–Kier alpha value is -1.72. The molecular weight excluding hydrogens is 242 g/mol. The van der Waals surface area contributed by atoms with E-state index >= 15 is 0 Å². The molecule has 5 nitrogen and oxygen atoms in total. The first-order chi connectivity index (χ1) is 9.27. The first-order valence-corrected chi connectivity index (χ1v) is 6.66. The third-order valence-corrected chi connectivity index (χ3v) is 3.71. The van der Waals surface area contributed by atoms with Gasteiger partial charge in [0.15, 0.2) is 0 Å². The van der Waals surface area contributed by atoms with E-state index in [0.717, 1.165) is 19.5 Å². The number of benzene rings is 1. The lowest BCUT2D eigenvalue weighted by molar-refractivity contribution is 0.0654. The molecule has 100 valence electrons. The summed E-state index contributed by atoms with van der Waals surface area (Å²) >= 11 is 0. The molecule has 0 saturated carbocycles. The summed E-state index contributed by atoms with van der Waals surface area (Å²) < 4.78 is 0. The van der Waals surface area contributed by atoms with Crippen LogP contribution in [0.15, 0.2) is 24.3 Å². The van der Waals surface area contributed by atoms with Crippen LogP contribution in [-0.4, -0.2) is 48.9 Å². The Morgan fingerprint density at radius 2 is 1.89 bits per heavy atom. The van der Waals surface area contributed by atoms with Crippen molar-refractivity contribution in [2.75, 3.05) is 26.2 Å². The molecule has 2 aliphatic rings. The van der Waals surface area contributed by atoms with Gasteiger partial charge in [0, 0.05) is 25.7 Å². The van der Waals surface area contributed by atoms with E-state index in [1.807, 2.05) is 0 Å². The number of amides is 2. The van der Waals surface area contributed by atoms with Crippen molar-refractivity contribution in [3.63, 3.8) is 0 Å². The molecule has 2 heterocycles. The third kappa shape index (κ3) is 2.27. The Labute approximate surface area is 112 Å². The predicted octanol–water partition coefficient (Wildman–Crippen LogP) is 0.234. The maximum absolute atomic E-state index is 12.1. The van der Waals surface area contributed by atoms with E-state index in [1.54, 1.807) is 24.3 Å². The number of nitrogens with one attached hydrogen (secondary N) is 2. The van der Waals surface area contributed by atoms with Crippen LogP contribution in [0, 0.1) is 0 Å². The number of nitrogens with zero attached hydrogens (tertiary/aromatic N) is 1. The standard InChI is InChI=1S/C14H17N3O2/c18-13-11-3-1-2-4-12(11)14(19)17(13)8-7-16-10-5-6-15-9-10/h1-4,10,15-16H,5-9H2. The fourth-order valence-corrected chi connectivity index (χ4v) is 2.65. The first kappa shape index (κ1) is 12.3. The number of fused-ring (bicyclic) bond motifs is 1. The Bertz CT molecular complexity index is 474. The van der Waals surface area contributed by atoms with Gasteiger partial charge in [-0.2, -0.15) is 0 Å². The lowest BCUT2D eigenvalue weighted by Gasteiger charge is -2.16. The fraction of sp³-hybridized carbons (Fsp3) is 0.429. The van der Waals surface area contributed by atoms with E-state index in [-0.39, 0.29) is 11.8 Å². The average molecular weight is 259 g/mol. The summed E-state index contributed by atoms with van der Waals surface area (Å²) in [6.07, 6.45) is 1.10. The van der Waals surface area contributed by atoms with Crippen LogP contribution in [0.25, 0.3) is 0 Å². The van der Waals surface area contributed by atoms with Gasteiger partial charge in [-0.1, -0.05) is 12.1 Å². The number of hydrogen-bond acceptors (Lipinski definition) is 4. The number of hydrogen-bond donors (Lipinski definition) is 2. The minimum Gasteiger partial charge on any atom is -0.315 e. The van der Waals surface area contributed by atoms with Crippen molar-refractivity contribution in [3.05, 3.63) is 35.4 Å². The number of imide groups is 1. The third-order valence-electron chi connectivity index (χ3n) is 3.71. The van der Waals surface area contributed by atoms with E-state index in [1.165, 1.54) is 4.90 Å². The Kier molecular flexibility index (Phi) is 3.31. The summed E-state index contributed by atoms with van der Waals surface area (Å²) in [4.78, 5) is 25.5. The lowest BCUT2D eigenvalue weighted by atomic mass is 10.1. The van der Waals surface area contributed by atoms with Gasteiger partial charge in [0.05, 0.1) is 11.1 Å².